The number of aliphatic hydroxyl groups is 3. The molecule has 3 saturated heterocycles. The molecule has 0 bridgehead atoms. The third-order valence-electron chi connectivity index (χ3n) is 10.9. The average molecular weight is 999 g/mol. The van der Waals surface area contributed by atoms with Crippen molar-refractivity contribution < 1.29 is 110 Å². The number of carboxylic acid groups (broad SMARTS) is 3. The molecule has 5 rings (SSSR count). The minimum atomic E-state index is -5.65. The predicted octanol–water partition coefficient (Wildman–Crippen LogP) is -2.54. The van der Waals surface area contributed by atoms with Crippen molar-refractivity contribution in [2.45, 2.75) is 80.4 Å². The number of nitrogen functional groups attached to an aromatic ring is 1. The number of piperidine rings is 1. The number of carbonyl (C=O) groups is 4. The number of aliphatic carboxylic acids is 3. The zero-order valence-corrected chi connectivity index (χ0v) is 36.7. The van der Waals surface area contributed by atoms with E-state index in [-0.39, 0.29) is 55.0 Å². The van der Waals surface area contributed by atoms with Crippen LogP contribution in [0.2, 0.25) is 0 Å². The number of likely N-dealkylation sites (tertiary alicyclic amines) is 1. The van der Waals surface area contributed by atoms with E-state index in [2.05, 4.69) is 19.3 Å². The van der Waals surface area contributed by atoms with Gasteiger partial charge in [-0.05, 0) is 6.42 Å². The summed E-state index contributed by atoms with van der Waals surface area (Å²) in [5, 5.41) is 61.1. The van der Waals surface area contributed by atoms with Gasteiger partial charge in [-0.3, -0.25) is 42.2 Å². The molecule has 0 radical (unpaired) electrons. The van der Waals surface area contributed by atoms with Crippen molar-refractivity contribution >= 4 is 71.5 Å². The number of phosphoric ester groups is 3. The van der Waals surface area contributed by atoms with Gasteiger partial charge >= 0.3 is 41.4 Å². The van der Waals surface area contributed by atoms with Crippen molar-refractivity contribution in [2.24, 2.45) is 11.7 Å². The van der Waals surface area contributed by atoms with Gasteiger partial charge in [0.15, 0.2) is 17.7 Å². The molecule has 5 heterocycles. The Labute approximate surface area is 361 Å². The lowest BCUT2D eigenvalue weighted by Crippen LogP contribution is -2.55. The van der Waals surface area contributed by atoms with Crippen LogP contribution in [0.25, 0.3) is 11.2 Å². The Hall–Kier alpha value is -3.21. The van der Waals surface area contributed by atoms with Crippen molar-refractivity contribution in [3.63, 3.8) is 0 Å². The average Bonchev–Trinajstić information content (AvgIpc) is 3.84. The fourth-order valence-electron chi connectivity index (χ4n) is 8.01. The Morgan fingerprint density at radius 3 is 1.84 bits per heavy atom. The number of anilines is 1. The van der Waals surface area contributed by atoms with E-state index in [9.17, 15) is 83.1 Å². The molecule has 360 valence electrons. The molecule has 3 fully saturated rings. The van der Waals surface area contributed by atoms with Crippen molar-refractivity contribution in [2.75, 3.05) is 50.5 Å². The molecule has 12 atom stereocenters. The highest BCUT2D eigenvalue weighted by Crippen LogP contribution is 2.68. The summed E-state index contributed by atoms with van der Waals surface area (Å²) in [6.07, 6.45) is -13.3. The monoisotopic (exact) mass is 998 g/mol. The van der Waals surface area contributed by atoms with E-state index >= 15 is 0 Å². The van der Waals surface area contributed by atoms with Gasteiger partial charge in [-0.1, -0.05) is 0 Å². The van der Waals surface area contributed by atoms with Crippen LogP contribution in [0.4, 0.5) is 5.82 Å². The molecule has 64 heavy (non-hydrogen) atoms. The van der Waals surface area contributed by atoms with Gasteiger partial charge in [0.25, 0.3) is 0 Å². The molecule has 0 aromatic carbocycles. The molecular formula is C30H48N7O23P4+. The molecule has 0 aliphatic carbocycles. The molecule has 34 heteroatoms. The van der Waals surface area contributed by atoms with Crippen molar-refractivity contribution in [3.8, 4) is 0 Å². The fraction of sp³-hybridized carbons (Fsp3) is 0.700. The zero-order chi connectivity index (χ0) is 47.5. The fourth-order valence-corrected chi connectivity index (χ4v) is 15.9. The van der Waals surface area contributed by atoms with Crippen LogP contribution < -0.4 is 11.5 Å². The topological polar surface area (TPSA) is 476 Å². The number of aromatic nitrogens is 4. The quantitative estimate of drug-likeness (QED) is 0.0510. The van der Waals surface area contributed by atoms with Crippen LogP contribution in [-0.4, -0.2) is 192 Å². The molecule has 3 aliphatic rings. The van der Waals surface area contributed by atoms with Crippen molar-refractivity contribution in [1.29, 1.82) is 0 Å². The Morgan fingerprint density at radius 1 is 0.797 bits per heavy atom. The molecule has 30 nitrogen and oxygen atoms in total. The summed E-state index contributed by atoms with van der Waals surface area (Å²) in [5.74, 6) is -5.77. The lowest BCUT2D eigenvalue weighted by Gasteiger charge is -2.45. The minimum Gasteiger partial charge on any atom is -0.481 e. The number of aliphatic hydroxyl groups excluding tert-OH is 3. The molecule has 0 spiro atoms. The number of fused-ring (bicyclic) bond motifs is 1. The van der Waals surface area contributed by atoms with Crippen LogP contribution in [0.5, 0.6) is 0 Å². The largest absolute Gasteiger partial charge is 0.481 e. The summed E-state index contributed by atoms with van der Waals surface area (Å²) in [6.45, 7) is -2.52. The Balaban J connectivity index is 1.21. The highest BCUT2D eigenvalue weighted by molar-refractivity contribution is 7.76. The maximum atomic E-state index is 12.9. The number of rotatable bonds is 23. The molecule has 2 aromatic heterocycles. The Morgan fingerprint density at radius 2 is 1.33 bits per heavy atom. The number of hydrogen-bond donors (Lipinski definition) is 12. The van der Waals surface area contributed by atoms with E-state index in [1.54, 1.807) is 0 Å². The number of carbonyl (C=O) groups excluding carboxylic acids is 1. The molecule has 3 unspecified atom stereocenters. The molecule has 2 aromatic rings. The number of phosphoric acid groups is 3. The third kappa shape index (κ3) is 12.8. The lowest BCUT2D eigenvalue weighted by atomic mass is 9.95. The van der Waals surface area contributed by atoms with Gasteiger partial charge in [-0.25, -0.2) is 28.6 Å². The maximum Gasteiger partial charge on any atom is 0.481 e. The first-order valence-corrected chi connectivity index (χ1v) is 25.9. The van der Waals surface area contributed by atoms with Crippen LogP contribution in [0.15, 0.2) is 12.7 Å². The molecule has 0 saturated carbocycles. The number of hydrogen-bond acceptors (Lipinski definition) is 21. The number of carboxylic acids is 3. The highest BCUT2D eigenvalue weighted by atomic mass is 31.3. The number of nitrogens with two attached hydrogens (primary N) is 2. The lowest BCUT2D eigenvalue weighted by molar-refractivity contribution is -0.137. The summed E-state index contributed by atoms with van der Waals surface area (Å²) < 4.78 is 68.4. The van der Waals surface area contributed by atoms with E-state index in [1.807, 2.05) is 0 Å². The molecular weight excluding hydrogens is 950 g/mol. The third-order valence-corrected chi connectivity index (χ3v) is 19.4. The van der Waals surface area contributed by atoms with E-state index in [1.165, 1.54) is 4.90 Å². The van der Waals surface area contributed by atoms with Gasteiger partial charge in [0.2, 0.25) is 5.91 Å². The van der Waals surface area contributed by atoms with Crippen LogP contribution >= 0.6 is 30.7 Å². The Kier molecular flexibility index (Phi) is 16.8. The summed E-state index contributed by atoms with van der Waals surface area (Å²) in [4.78, 5) is 101. The second-order valence-electron chi connectivity index (χ2n) is 15.0. The van der Waals surface area contributed by atoms with E-state index in [0.29, 0.717) is 0 Å². The van der Waals surface area contributed by atoms with E-state index in [0.717, 1.165) is 17.2 Å². The first-order valence-electron chi connectivity index (χ1n) is 19.0. The van der Waals surface area contributed by atoms with Crippen LogP contribution in [-0.2, 0) is 60.2 Å². The maximum absolute atomic E-state index is 12.9. The summed E-state index contributed by atoms with van der Waals surface area (Å²) >= 11 is 0. The van der Waals surface area contributed by atoms with Gasteiger partial charge in [-0.15, -0.1) is 0 Å². The normalized spacial score (nSPS) is 29.9. The van der Waals surface area contributed by atoms with E-state index < -0.39 is 148 Å². The van der Waals surface area contributed by atoms with Gasteiger partial charge < -0.3 is 71.2 Å². The molecule has 14 N–H and O–H groups in total. The highest BCUT2D eigenvalue weighted by Gasteiger charge is 2.56. The second kappa shape index (κ2) is 20.8. The number of ether oxygens (including phenoxy) is 2. The minimum absolute atomic E-state index is 0.0215. The Bertz CT molecular complexity index is 2140. The van der Waals surface area contributed by atoms with E-state index in [4.69, 9.17) is 34.5 Å². The smallest absolute Gasteiger partial charge is 0.481 e. The predicted molar refractivity (Wildman–Crippen MR) is 211 cm³/mol. The van der Waals surface area contributed by atoms with Gasteiger partial charge in [0.1, 0.15) is 54.7 Å². The van der Waals surface area contributed by atoms with Crippen LogP contribution in [0.3, 0.4) is 0 Å². The van der Waals surface area contributed by atoms with Gasteiger partial charge in [0.05, 0.1) is 68.9 Å². The van der Waals surface area contributed by atoms with Crippen LogP contribution in [0.1, 0.15) is 31.9 Å². The first kappa shape index (κ1) is 51.8. The first-order chi connectivity index (χ1) is 29.7. The standard InChI is InChI=1S/C30H47N7O23P4/c31-26-21-28(34-12-33-26)37(13-35-21)30-25(59-62(48,49)50)23(45)16(58-30)11-56-64(53,54)60-63(51,52)55-10-15-22(44)24(46)29(57-15)36-5-1-17(14(9-36)27(32)47)61(6-2-18(38)39,7-3-19(40)41)8-4-20(42)43/h12-17,22-25,29-30,44-46H,1-11H2,(H10-,31,32,33,34,38,39,40,41,42,43,47,48,49,50,51,52,53,54)/p+1/t14?,15-,16-,17+,22-,23-,24-,25-,29-,30-/m1/s1. The second-order valence-corrected chi connectivity index (χ2v) is 23.7. The molecule has 1 amide bonds. The van der Waals surface area contributed by atoms with Crippen molar-refractivity contribution in [3.05, 3.63) is 12.7 Å². The van der Waals surface area contributed by atoms with Crippen LogP contribution in [0, 0.1) is 5.92 Å². The van der Waals surface area contributed by atoms with Gasteiger partial charge in [-0.2, -0.15) is 4.31 Å². The number of imidazole rings is 1. The zero-order valence-electron chi connectivity index (χ0n) is 33.2. The summed E-state index contributed by atoms with van der Waals surface area (Å²) in [5.41, 5.74) is 10.9. The summed E-state index contributed by atoms with van der Waals surface area (Å²) in [6, 6.07) is 0. The molecule has 3 aliphatic heterocycles. The number of primary amides is 1. The summed E-state index contributed by atoms with van der Waals surface area (Å²) in [7, 11) is -19.5. The van der Waals surface area contributed by atoms with Crippen molar-refractivity contribution in [1.82, 2.24) is 24.4 Å². The number of amides is 1. The van der Waals surface area contributed by atoms with Gasteiger partial charge in [0, 0.05) is 20.4 Å². The number of nitrogens with zero attached hydrogens (tertiary/aromatic N) is 5. The SMILES string of the molecule is NC(=O)C1CN([C@@H]2O[C@H](COP(=O)(O)OP(=O)(O)OC[C@H]3O[C@@H](n4cnc5c(N)ncnc54)[C@H](OP(=O)(O)O)[C@@H]3O)[C@@H](O)[C@H]2O)CC[C@@H]1[P+](CCC(=O)O)(CCC(=O)O)CCC(=O)O.